The van der Waals surface area contributed by atoms with Gasteiger partial charge in [-0.1, -0.05) is 31.5 Å². The first-order valence-electron chi connectivity index (χ1n) is 7.90. The lowest BCUT2D eigenvalue weighted by Gasteiger charge is -2.44. The Morgan fingerprint density at radius 3 is 2.43 bits per heavy atom. The first-order chi connectivity index (χ1) is 10.0. The summed E-state index contributed by atoms with van der Waals surface area (Å²) in [6, 6.07) is 4.68. The molecule has 21 heavy (non-hydrogen) atoms. The van der Waals surface area contributed by atoms with E-state index in [-0.39, 0.29) is 11.4 Å². The molecule has 0 saturated carbocycles. The van der Waals surface area contributed by atoms with Crippen LogP contribution in [0.1, 0.15) is 45.1 Å². The molecule has 0 amide bonds. The third-order valence-electron chi connectivity index (χ3n) is 5.01. The average Bonchev–Trinajstić information content (AvgIpc) is 2.99. The second-order valence-corrected chi connectivity index (χ2v) is 6.40. The fourth-order valence-corrected chi connectivity index (χ4v) is 3.79. The minimum atomic E-state index is -0.568. The number of likely N-dealkylation sites (tertiary alicyclic amines) is 1. The molecule has 2 rings (SSSR count). The molecule has 0 radical (unpaired) electrons. The van der Waals surface area contributed by atoms with Crippen molar-refractivity contribution in [2.24, 2.45) is 0 Å². The Labute approximate surface area is 131 Å². The predicted molar refractivity (Wildman–Crippen MR) is 85.2 cm³/mol. The summed E-state index contributed by atoms with van der Waals surface area (Å²) >= 11 is 5.79. The molecule has 0 spiro atoms. The van der Waals surface area contributed by atoms with Crippen molar-refractivity contribution in [2.75, 3.05) is 13.1 Å². The van der Waals surface area contributed by atoms with Gasteiger partial charge in [0.15, 0.2) is 0 Å². The van der Waals surface area contributed by atoms with Crippen molar-refractivity contribution in [3.8, 4) is 0 Å². The van der Waals surface area contributed by atoms with Gasteiger partial charge in [0, 0.05) is 17.0 Å². The molecule has 1 fully saturated rings. The molecule has 1 heterocycles. The van der Waals surface area contributed by atoms with E-state index in [1.807, 2.05) is 0 Å². The van der Waals surface area contributed by atoms with Crippen molar-refractivity contribution >= 4 is 11.6 Å². The monoisotopic (exact) mass is 313 g/mol. The van der Waals surface area contributed by atoms with Gasteiger partial charge in [0.05, 0.1) is 6.10 Å². The van der Waals surface area contributed by atoms with E-state index >= 15 is 0 Å². The van der Waals surface area contributed by atoms with Crippen LogP contribution in [-0.4, -0.2) is 34.7 Å². The Morgan fingerprint density at radius 2 is 1.90 bits per heavy atom. The number of aliphatic hydroxyl groups is 1. The van der Waals surface area contributed by atoms with Gasteiger partial charge in [0.1, 0.15) is 5.82 Å². The van der Waals surface area contributed by atoms with Crippen LogP contribution in [0.4, 0.5) is 4.39 Å². The quantitative estimate of drug-likeness (QED) is 0.857. The highest BCUT2D eigenvalue weighted by atomic mass is 35.5. The molecular weight excluding hydrogens is 289 g/mol. The van der Waals surface area contributed by atoms with Gasteiger partial charge in [-0.25, -0.2) is 4.39 Å². The van der Waals surface area contributed by atoms with E-state index in [1.165, 1.54) is 18.9 Å². The van der Waals surface area contributed by atoms with Crippen LogP contribution < -0.4 is 0 Å². The van der Waals surface area contributed by atoms with Gasteiger partial charge in [-0.05, 0) is 56.5 Å². The number of hydrogen-bond donors (Lipinski definition) is 1. The zero-order valence-electron chi connectivity index (χ0n) is 12.9. The maximum atomic E-state index is 14.0. The fourth-order valence-electron chi connectivity index (χ4n) is 3.63. The number of halogens is 2. The molecule has 0 aromatic heterocycles. The van der Waals surface area contributed by atoms with Crippen LogP contribution in [0.2, 0.25) is 5.02 Å². The van der Waals surface area contributed by atoms with Crippen LogP contribution in [0.15, 0.2) is 18.2 Å². The van der Waals surface area contributed by atoms with Crippen LogP contribution in [0.5, 0.6) is 0 Å². The third kappa shape index (κ3) is 3.41. The molecule has 1 aliphatic rings. The van der Waals surface area contributed by atoms with Gasteiger partial charge in [-0.15, -0.1) is 0 Å². The smallest absolute Gasteiger partial charge is 0.127 e. The van der Waals surface area contributed by atoms with Gasteiger partial charge in [-0.2, -0.15) is 0 Å². The van der Waals surface area contributed by atoms with Crippen molar-refractivity contribution in [3.63, 3.8) is 0 Å². The van der Waals surface area contributed by atoms with Gasteiger partial charge < -0.3 is 5.11 Å². The second-order valence-electron chi connectivity index (χ2n) is 5.96. The first kappa shape index (κ1) is 16.7. The molecule has 1 aromatic rings. The molecule has 1 unspecified atom stereocenters. The molecule has 118 valence electrons. The third-order valence-corrected chi connectivity index (χ3v) is 5.24. The van der Waals surface area contributed by atoms with Crippen molar-refractivity contribution < 1.29 is 9.50 Å². The highest BCUT2D eigenvalue weighted by Gasteiger charge is 2.41. The van der Waals surface area contributed by atoms with Gasteiger partial charge in [0.25, 0.3) is 0 Å². The Bertz CT molecular complexity index is 470. The van der Waals surface area contributed by atoms with Crippen LogP contribution in [0, 0.1) is 5.82 Å². The van der Waals surface area contributed by atoms with E-state index in [9.17, 15) is 9.50 Å². The van der Waals surface area contributed by atoms with Gasteiger partial charge in [-0.3, -0.25) is 4.90 Å². The summed E-state index contributed by atoms with van der Waals surface area (Å²) in [5.74, 6) is -0.330. The summed E-state index contributed by atoms with van der Waals surface area (Å²) in [5, 5.41) is 11.2. The molecule has 0 aliphatic carbocycles. The Morgan fingerprint density at radius 1 is 1.29 bits per heavy atom. The lowest BCUT2D eigenvalue weighted by atomic mass is 9.81. The fraction of sp³-hybridized carbons (Fsp3) is 0.647. The summed E-state index contributed by atoms with van der Waals surface area (Å²) in [7, 11) is 0. The van der Waals surface area contributed by atoms with E-state index < -0.39 is 6.10 Å². The molecule has 1 aliphatic heterocycles. The highest BCUT2D eigenvalue weighted by molar-refractivity contribution is 6.30. The minimum absolute atomic E-state index is 0.247. The summed E-state index contributed by atoms with van der Waals surface area (Å²) in [6.45, 7) is 6.29. The van der Waals surface area contributed by atoms with Crippen LogP contribution in [-0.2, 0) is 6.42 Å². The SMILES string of the molecule is CCC(CC)(C(O)Cc1ccc(Cl)cc1F)N1CCCC1. The van der Waals surface area contributed by atoms with E-state index in [2.05, 4.69) is 18.7 Å². The zero-order chi connectivity index (χ0) is 15.5. The lowest BCUT2D eigenvalue weighted by Crippen LogP contribution is -2.55. The van der Waals surface area contributed by atoms with E-state index in [4.69, 9.17) is 11.6 Å². The molecule has 1 atom stereocenters. The lowest BCUT2D eigenvalue weighted by molar-refractivity contribution is -0.0273. The minimum Gasteiger partial charge on any atom is -0.391 e. The molecular formula is C17H25ClFNO. The van der Waals surface area contributed by atoms with E-state index in [0.717, 1.165) is 25.9 Å². The van der Waals surface area contributed by atoms with Crippen LogP contribution >= 0.6 is 11.6 Å². The summed E-state index contributed by atoms with van der Waals surface area (Å²) in [5.41, 5.74) is 0.292. The Balaban J connectivity index is 2.20. The summed E-state index contributed by atoms with van der Waals surface area (Å²) in [4.78, 5) is 2.39. The predicted octanol–water partition coefficient (Wildman–Crippen LogP) is 4.04. The van der Waals surface area contributed by atoms with Crippen LogP contribution in [0.3, 0.4) is 0 Å². The topological polar surface area (TPSA) is 23.5 Å². The number of aliphatic hydroxyl groups excluding tert-OH is 1. The average molecular weight is 314 g/mol. The first-order valence-corrected chi connectivity index (χ1v) is 8.28. The molecule has 0 bridgehead atoms. The molecule has 1 N–H and O–H groups in total. The van der Waals surface area contributed by atoms with Crippen molar-refractivity contribution in [2.45, 2.75) is 57.6 Å². The highest BCUT2D eigenvalue weighted by Crippen LogP contribution is 2.33. The van der Waals surface area contributed by atoms with Gasteiger partial charge in [0.2, 0.25) is 0 Å². The van der Waals surface area contributed by atoms with E-state index in [0.29, 0.717) is 17.0 Å². The van der Waals surface area contributed by atoms with Crippen LogP contribution in [0.25, 0.3) is 0 Å². The number of nitrogens with zero attached hydrogens (tertiary/aromatic N) is 1. The van der Waals surface area contributed by atoms with Gasteiger partial charge >= 0.3 is 0 Å². The maximum Gasteiger partial charge on any atom is 0.127 e. The molecule has 2 nitrogen and oxygen atoms in total. The number of hydrogen-bond acceptors (Lipinski definition) is 2. The number of rotatable bonds is 6. The van der Waals surface area contributed by atoms with E-state index in [1.54, 1.807) is 12.1 Å². The van der Waals surface area contributed by atoms with Crippen molar-refractivity contribution in [3.05, 3.63) is 34.6 Å². The zero-order valence-corrected chi connectivity index (χ0v) is 13.7. The maximum absolute atomic E-state index is 14.0. The largest absolute Gasteiger partial charge is 0.391 e. The number of benzene rings is 1. The normalized spacial score (nSPS) is 18.1. The summed E-state index contributed by atoms with van der Waals surface area (Å²) in [6.07, 6.45) is 3.88. The van der Waals surface area contributed by atoms with Crippen molar-refractivity contribution in [1.82, 2.24) is 4.90 Å². The Kier molecular flexibility index (Phi) is 5.64. The summed E-state index contributed by atoms with van der Waals surface area (Å²) < 4.78 is 14.0. The van der Waals surface area contributed by atoms with Crippen molar-refractivity contribution in [1.29, 1.82) is 0 Å². The Hall–Kier alpha value is -0.640. The standard InChI is InChI=1S/C17H25ClFNO/c1-3-17(4-2,20-9-5-6-10-20)16(21)11-13-7-8-14(18)12-15(13)19/h7-8,12,16,21H,3-6,9-11H2,1-2H3. The molecule has 1 aromatic carbocycles. The second kappa shape index (κ2) is 7.08. The molecule has 4 heteroatoms. The molecule has 1 saturated heterocycles.